The number of likely N-dealkylation sites (tertiary alicyclic amines) is 1. The Kier molecular flexibility index (Phi) is 6.93. The van der Waals surface area contributed by atoms with E-state index in [4.69, 9.17) is 5.73 Å². The molecule has 1 aliphatic heterocycles. The summed E-state index contributed by atoms with van der Waals surface area (Å²) < 4.78 is 30.9. The summed E-state index contributed by atoms with van der Waals surface area (Å²) in [6, 6.07) is 19.0. The summed E-state index contributed by atoms with van der Waals surface area (Å²) >= 11 is 0. The Bertz CT molecular complexity index is 2270. The molecule has 4 N–H and O–H groups in total. The summed E-state index contributed by atoms with van der Waals surface area (Å²) in [7, 11) is -4.21. The van der Waals surface area contributed by atoms with Gasteiger partial charge in [-0.15, -0.1) is 0 Å². The van der Waals surface area contributed by atoms with Crippen LogP contribution in [0.3, 0.4) is 0 Å². The lowest BCUT2D eigenvalue weighted by molar-refractivity contribution is 0.103. The minimum atomic E-state index is -4.21. The van der Waals surface area contributed by atoms with E-state index >= 15 is 0 Å². The number of nitrogen functional groups attached to an aromatic ring is 1. The van der Waals surface area contributed by atoms with E-state index in [-0.39, 0.29) is 27.9 Å². The van der Waals surface area contributed by atoms with Crippen LogP contribution in [0.4, 0.5) is 10.6 Å². The van der Waals surface area contributed by atoms with Crippen molar-refractivity contribution in [2.24, 2.45) is 0 Å². The molecule has 0 saturated carbocycles. The first-order valence-electron chi connectivity index (χ1n) is 14.8. The lowest BCUT2D eigenvalue weighted by atomic mass is 9.89. The number of fused-ring (bicyclic) bond motifs is 2. The summed E-state index contributed by atoms with van der Waals surface area (Å²) in [5, 5.41) is 14.3. The zero-order chi connectivity index (χ0) is 32.3. The normalized spacial score (nSPS) is 14.3. The fraction of sp³-hybridized carbons (Fsp3) is 0.212. The van der Waals surface area contributed by atoms with E-state index in [0.29, 0.717) is 48.0 Å². The topological polar surface area (TPSA) is 169 Å². The Morgan fingerprint density at radius 1 is 0.978 bits per heavy atom. The first kappa shape index (κ1) is 29.3. The molecule has 0 spiro atoms. The van der Waals surface area contributed by atoms with Gasteiger partial charge in [0.25, 0.3) is 10.0 Å². The summed E-state index contributed by atoms with van der Waals surface area (Å²) in [5.74, 6) is 0.323. The second kappa shape index (κ2) is 10.9. The molecule has 7 rings (SSSR count). The molecule has 0 atom stereocenters. The molecule has 46 heavy (non-hydrogen) atoms. The van der Waals surface area contributed by atoms with Gasteiger partial charge in [0.2, 0.25) is 5.78 Å². The molecule has 3 aromatic heterocycles. The van der Waals surface area contributed by atoms with Crippen molar-refractivity contribution in [1.82, 2.24) is 28.6 Å². The van der Waals surface area contributed by atoms with Gasteiger partial charge in [0.05, 0.1) is 38.9 Å². The molecular formula is C33H31N7O5S. The molecule has 0 aliphatic carbocycles. The number of anilines is 1. The van der Waals surface area contributed by atoms with E-state index < -0.39 is 21.9 Å². The van der Waals surface area contributed by atoms with Crippen LogP contribution < -0.4 is 5.73 Å². The van der Waals surface area contributed by atoms with E-state index in [1.165, 1.54) is 27.9 Å². The van der Waals surface area contributed by atoms with Crippen LogP contribution in [0.1, 0.15) is 51.8 Å². The van der Waals surface area contributed by atoms with Gasteiger partial charge in [-0.05, 0) is 86.7 Å². The van der Waals surface area contributed by atoms with Crippen molar-refractivity contribution in [2.75, 3.05) is 18.8 Å². The Labute approximate surface area is 264 Å². The molecule has 12 nitrogen and oxygen atoms in total. The number of nitrogens with one attached hydrogen (secondary N) is 1. The smallest absolute Gasteiger partial charge is 0.407 e. The summed E-state index contributed by atoms with van der Waals surface area (Å²) in [5.41, 5.74) is 10.9. The lowest BCUT2D eigenvalue weighted by Crippen LogP contribution is -2.36. The fourth-order valence-electron chi connectivity index (χ4n) is 6.23. The highest BCUT2D eigenvalue weighted by atomic mass is 32.2. The molecule has 234 valence electrons. The largest absolute Gasteiger partial charge is 0.465 e. The van der Waals surface area contributed by atoms with E-state index in [1.54, 1.807) is 36.4 Å². The zero-order valence-corrected chi connectivity index (χ0v) is 26.0. The van der Waals surface area contributed by atoms with E-state index in [0.717, 1.165) is 26.4 Å². The van der Waals surface area contributed by atoms with Crippen LogP contribution in [0.15, 0.2) is 77.8 Å². The number of aromatic amines is 1. The van der Waals surface area contributed by atoms with Crippen molar-refractivity contribution in [3.05, 3.63) is 101 Å². The number of carbonyl (C=O) groups is 2. The third kappa shape index (κ3) is 4.88. The number of carboxylic acid groups (broad SMARTS) is 1. The van der Waals surface area contributed by atoms with Crippen molar-refractivity contribution < 1.29 is 23.1 Å². The number of aromatic nitrogens is 5. The number of carbonyl (C=O) groups excluding carboxylic acids is 1. The molecule has 1 fully saturated rings. The molecule has 1 aliphatic rings. The highest BCUT2D eigenvalue weighted by molar-refractivity contribution is 7.90. The van der Waals surface area contributed by atoms with Crippen LogP contribution in [-0.4, -0.2) is 67.1 Å². The first-order valence-corrected chi connectivity index (χ1v) is 16.3. The van der Waals surface area contributed by atoms with Crippen molar-refractivity contribution in [3.63, 3.8) is 0 Å². The van der Waals surface area contributed by atoms with Gasteiger partial charge in [-0.3, -0.25) is 4.79 Å². The van der Waals surface area contributed by atoms with Crippen molar-refractivity contribution >= 4 is 49.7 Å². The maximum atomic E-state index is 14.2. The van der Waals surface area contributed by atoms with Crippen LogP contribution in [-0.2, 0) is 10.0 Å². The highest BCUT2D eigenvalue weighted by Crippen LogP contribution is 2.34. The number of aryl methyl sites for hydroxylation is 2. The molecule has 1 saturated heterocycles. The molecule has 6 aromatic rings. The number of nitrogens with zero attached hydrogens (tertiary/aromatic N) is 5. The molecule has 1 amide bonds. The highest BCUT2D eigenvalue weighted by Gasteiger charge is 2.30. The van der Waals surface area contributed by atoms with Gasteiger partial charge < -0.3 is 20.7 Å². The van der Waals surface area contributed by atoms with Crippen LogP contribution in [0.25, 0.3) is 27.6 Å². The van der Waals surface area contributed by atoms with Gasteiger partial charge in [-0.2, -0.15) is 5.10 Å². The maximum Gasteiger partial charge on any atom is 0.407 e. The summed E-state index contributed by atoms with van der Waals surface area (Å²) in [4.78, 5) is 34.7. The average Bonchev–Trinajstić information content (AvgIpc) is 3.74. The molecule has 4 heterocycles. The maximum absolute atomic E-state index is 14.2. The Balaban J connectivity index is 1.33. The number of H-pyrrole nitrogens is 1. The number of ketones is 1. The Morgan fingerprint density at radius 3 is 2.43 bits per heavy atom. The third-order valence-corrected chi connectivity index (χ3v) is 10.4. The van der Waals surface area contributed by atoms with Crippen molar-refractivity contribution in [3.8, 4) is 5.69 Å². The number of nitrogens with two attached hydrogens (primary N) is 1. The molecule has 0 unspecified atom stereocenters. The zero-order valence-electron chi connectivity index (χ0n) is 25.1. The van der Waals surface area contributed by atoms with Gasteiger partial charge in [-0.1, -0.05) is 23.8 Å². The van der Waals surface area contributed by atoms with Crippen LogP contribution in [0.2, 0.25) is 0 Å². The van der Waals surface area contributed by atoms with Crippen LogP contribution in [0.5, 0.6) is 0 Å². The summed E-state index contributed by atoms with van der Waals surface area (Å²) in [6.07, 6.45) is 1.70. The number of imidazole rings is 1. The number of amides is 1. The van der Waals surface area contributed by atoms with Crippen molar-refractivity contribution in [1.29, 1.82) is 0 Å². The number of piperidine rings is 1. The predicted octanol–water partition coefficient (Wildman–Crippen LogP) is 5.23. The van der Waals surface area contributed by atoms with Gasteiger partial charge in [0.15, 0.2) is 0 Å². The Hall–Kier alpha value is -5.43. The van der Waals surface area contributed by atoms with Crippen molar-refractivity contribution in [2.45, 2.75) is 37.5 Å². The van der Waals surface area contributed by atoms with Gasteiger partial charge >= 0.3 is 6.09 Å². The fourth-order valence-corrected chi connectivity index (χ4v) is 7.74. The minimum Gasteiger partial charge on any atom is -0.465 e. The standard InChI is InChI=1S/C33H31N7O5S/c1-19-3-7-25(8-4-19)46(44,45)40-29-10-5-22(21-11-13-38(14-12-21)33(42)43)15-23(29)16-30(40)31(41)26-18-35-39(32(26)34)24-6-9-27-28(17-24)37-20(2)36-27/h3-10,15-18,21H,11-14,34H2,1-2H3,(H,36,37)(H,42,43). The number of hydrogen-bond acceptors (Lipinski definition) is 7. The number of rotatable bonds is 6. The molecule has 0 bridgehead atoms. The van der Waals surface area contributed by atoms with Gasteiger partial charge in [0.1, 0.15) is 17.3 Å². The van der Waals surface area contributed by atoms with Gasteiger partial charge in [0, 0.05) is 18.5 Å². The minimum absolute atomic E-state index is 0.0426. The Morgan fingerprint density at radius 2 is 1.72 bits per heavy atom. The van der Waals surface area contributed by atoms with Gasteiger partial charge in [-0.25, -0.2) is 26.9 Å². The van der Waals surface area contributed by atoms with E-state index in [2.05, 4.69) is 15.1 Å². The monoisotopic (exact) mass is 637 g/mol. The molecule has 0 radical (unpaired) electrons. The summed E-state index contributed by atoms with van der Waals surface area (Å²) in [6.45, 7) is 4.55. The number of benzene rings is 3. The van der Waals surface area contributed by atoms with E-state index in [1.807, 2.05) is 32.0 Å². The molecular weight excluding hydrogens is 606 g/mol. The van der Waals surface area contributed by atoms with E-state index in [9.17, 15) is 23.1 Å². The van der Waals surface area contributed by atoms with Crippen LogP contribution >= 0.6 is 0 Å². The SMILES string of the molecule is Cc1ccc(S(=O)(=O)n2c(C(=O)c3cnn(-c4ccc5[nH]c(C)nc5c4)c3N)cc3cc(C4CCN(C(=O)O)CC4)ccc32)cc1. The third-order valence-electron chi connectivity index (χ3n) is 8.69. The predicted molar refractivity (Wildman–Crippen MR) is 173 cm³/mol. The second-order valence-corrected chi connectivity index (χ2v) is 13.5. The van der Waals surface area contributed by atoms with Crippen LogP contribution in [0, 0.1) is 13.8 Å². The second-order valence-electron chi connectivity index (χ2n) is 11.7. The molecule has 13 heteroatoms. The molecule has 3 aromatic carbocycles. The lowest BCUT2D eigenvalue weighted by Gasteiger charge is -2.30. The average molecular weight is 638 g/mol. The number of hydrogen-bond donors (Lipinski definition) is 3. The first-order chi connectivity index (χ1) is 22.0. The quantitative estimate of drug-likeness (QED) is 0.209.